The molecule has 12 nitrogen and oxygen atoms in total. The van der Waals surface area contributed by atoms with E-state index in [2.05, 4.69) is 21.3 Å². The highest BCUT2D eigenvalue weighted by molar-refractivity contribution is 6.73. The van der Waals surface area contributed by atoms with Gasteiger partial charge in [0.25, 0.3) is 0 Å². The molecule has 0 aromatic rings. The predicted octanol–water partition coefficient (Wildman–Crippen LogP) is -2.23. The molecule has 0 saturated carbocycles. The van der Waals surface area contributed by atoms with Crippen LogP contribution in [0.2, 0.25) is 24.2 Å². The Labute approximate surface area is 226 Å². The van der Waals surface area contributed by atoms with Crippen molar-refractivity contribution in [2.75, 3.05) is 78.5 Å². The summed E-state index contributed by atoms with van der Waals surface area (Å²) < 4.78 is 26.5. The van der Waals surface area contributed by atoms with Gasteiger partial charge < -0.3 is 60.7 Å². The summed E-state index contributed by atoms with van der Waals surface area (Å²) in [5, 5.41) is 13.5. The van der Waals surface area contributed by atoms with E-state index in [0.717, 1.165) is 102 Å². The van der Waals surface area contributed by atoms with Crippen LogP contribution >= 0.6 is 0 Å². The second-order valence-electron chi connectivity index (χ2n) is 8.47. The number of rotatable bonds is 24. The van der Waals surface area contributed by atoms with E-state index in [-0.39, 0.29) is 0 Å². The van der Waals surface area contributed by atoms with Gasteiger partial charge in [0.05, 0.1) is 0 Å². The molecular weight excluding hydrogens is 529 g/mol. The molecule has 0 bridgehead atoms. The van der Waals surface area contributed by atoms with Gasteiger partial charge in [0, 0.05) is 52.4 Å². The van der Waals surface area contributed by atoms with Crippen molar-refractivity contribution in [3.63, 3.8) is 0 Å². The fourth-order valence-electron chi connectivity index (χ4n) is 3.34. The highest BCUT2D eigenvalue weighted by Gasteiger charge is 2.37. The van der Waals surface area contributed by atoms with E-state index in [1.807, 2.05) is 0 Å². The molecule has 12 N–H and O–H groups in total. The molecule has 1 heterocycles. The number of hydrogen-bond acceptors (Lipinski definition) is 12. The Balaban J connectivity index is 2.71. The summed E-state index contributed by atoms with van der Waals surface area (Å²) in [7, 11) is -5.84. The van der Waals surface area contributed by atoms with Gasteiger partial charge in [-0.25, -0.2) is 0 Å². The standard InChI is InChI=1S/C20H52N8O4Si4/c21-5-13-25-9-1-17-33-29-34(18-2-10-26-14-6-22)31-36(20-4-12-28-16-8-24)32-35(30-33)19-3-11-27-15-7-23/h25-28H,1-24H2. The zero-order valence-electron chi connectivity index (χ0n) is 22.1. The van der Waals surface area contributed by atoms with Crippen LogP contribution in [-0.2, 0) is 16.5 Å². The molecule has 16 heteroatoms. The molecule has 0 spiro atoms. The molecule has 212 valence electrons. The molecule has 1 saturated heterocycles. The van der Waals surface area contributed by atoms with Gasteiger partial charge in [0.2, 0.25) is 0 Å². The van der Waals surface area contributed by atoms with Crippen molar-refractivity contribution in [3.8, 4) is 0 Å². The topological polar surface area (TPSA) is 189 Å². The molecule has 0 aliphatic carbocycles. The summed E-state index contributed by atoms with van der Waals surface area (Å²) in [6.45, 7) is 9.59. The normalized spacial score (nSPS) is 17.0. The van der Waals surface area contributed by atoms with Crippen LogP contribution in [0.15, 0.2) is 0 Å². The third-order valence-electron chi connectivity index (χ3n) is 5.13. The van der Waals surface area contributed by atoms with Crippen molar-refractivity contribution in [2.45, 2.75) is 49.9 Å². The number of nitrogens with one attached hydrogen (secondary N) is 4. The summed E-state index contributed by atoms with van der Waals surface area (Å²) >= 11 is 0. The molecule has 0 atom stereocenters. The molecule has 36 heavy (non-hydrogen) atoms. The van der Waals surface area contributed by atoms with Crippen LogP contribution in [0.25, 0.3) is 0 Å². The van der Waals surface area contributed by atoms with Crippen molar-refractivity contribution in [2.24, 2.45) is 22.9 Å². The minimum Gasteiger partial charge on any atom is -0.414 e. The van der Waals surface area contributed by atoms with Crippen LogP contribution in [0, 0.1) is 0 Å². The first-order valence-electron chi connectivity index (χ1n) is 13.5. The summed E-state index contributed by atoms with van der Waals surface area (Å²) in [6.07, 6.45) is 4.00. The molecule has 1 aliphatic rings. The Hall–Kier alpha value is 0.388. The van der Waals surface area contributed by atoms with E-state index in [9.17, 15) is 0 Å². The largest absolute Gasteiger partial charge is 0.414 e. The molecule has 0 amide bonds. The Morgan fingerprint density at radius 3 is 0.778 bits per heavy atom. The fraction of sp³-hybridized carbons (Fsp3) is 1.00. The van der Waals surface area contributed by atoms with Crippen molar-refractivity contribution in [1.82, 2.24) is 21.3 Å². The van der Waals surface area contributed by atoms with Crippen molar-refractivity contribution in [3.05, 3.63) is 0 Å². The Morgan fingerprint density at radius 1 is 0.361 bits per heavy atom. The number of nitrogens with two attached hydrogens (primary N) is 4. The van der Waals surface area contributed by atoms with Crippen LogP contribution in [0.3, 0.4) is 0 Å². The van der Waals surface area contributed by atoms with Crippen LogP contribution in [0.1, 0.15) is 25.7 Å². The Bertz CT molecular complexity index is 397. The van der Waals surface area contributed by atoms with Gasteiger partial charge in [-0.1, -0.05) is 0 Å². The van der Waals surface area contributed by atoms with Crippen LogP contribution < -0.4 is 44.2 Å². The van der Waals surface area contributed by atoms with E-state index in [0.29, 0.717) is 26.2 Å². The molecule has 4 radical (unpaired) electrons. The molecule has 1 fully saturated rings. The first-order chi connectivity index (χ1) is 17.7. The predicted molar refractivity (Wildman–Crippen MR) is 153 cm³/mol. The van der Waals surface area contributed by atoms with E-state index in [1.165, 1.54) is 0 Å². The average Bonchev–Trinajstić information content (AvgIpc) is 2.86. The van der Waals surface area contributed by atoms with Gasteiger partial charge in [0.1, 0.15) is 0 Å². The molecule has 1 rings (SSSR count). The van der Waals surface area contributed by atoms with Gasteiger partial charge in [-0.3, -0.25) is 0 Å². The van der Waals surface area contributed by atoms with Gasteiger partial charge in [-0.15, -0.1) is 0 Å². The minimum atomic E-state index is -1.46. The maximum atomic E-state index is 6.62. The van der Waals surface area contributed by atoms with Gasteiger partial charge >= 0.3 is 37.1 Å². The van der Waals surface area contributed by atoms with Gasteiger partial charge in [0.15, 0.2) is 0 Å². The summed E-state index contributed by atoms with van der Waals surface area (Å²) in [5.41, 5.74) is 22.4. The summed E-state index contributed by atoms with van der Waals surface area (Å²) in [4.78, 5) is 0. The van der Waals surface area contributed by atoms with Crippen molar-refractivity contribution < 1.29 is 16.5 Å². The van der Waals surface area contributed by atoms with Crippen molar-refractivity contribution >= 4 is 37.1 Å². The second-order valence-corrected chi connectivity index (χ2v) is 16.7. The maximum Gasteiger partial charge on any atom is 0.365 e. The summed E-state index contributed by atoms with van der Waals surface area (Å²) in [5.74, 6) is 0. The zero-order chi connectivity index (χ0) is 26.1. The van der Waals surface area contributed by atoms with Crippen LogP contribution in [-0.4, -0.2) is 116 Å². The lowest BCUT2D eigenvalue weighted by Crippen LogP contribution is -2.49. The van der Waals surface area contributed by atoms with Gasteiger partial charge in [-0.2, -0.15) is 0 Å². The van der Waals surface area contributed by atoms with E-state index in [4.69, 9.17) is 39.4 Å². The lowest BCUT2D eigenvalue weighted by atomic mass is 10.5. The SMILES string of the molecule is NCCNCCC[Si]1O[Si](CCCNCCN)O[Si](CCCNCCN)O[Si](CCCNCCN)O1. The van der Waals surface area contributed by atoms with E-state index in [1.54, 1.807) is 0 Å². The van der Waals surface area contributed by atoms with Gasteiger partial charge in [-0.05, 0) is 76.0 Å². The van der Waals surface area contributed by atoms with Crippen molar-refractivity contribution in [1.29, 1.82) is 0 Å². The second kappa shape index (κ2) is 25.7. The average molecular weight is 581 g/mol. The molecule has 0 unspecified atom stereocenters. The third kappa shape index (κ3) is 19.5. The Morgan fingerprint density at radius 2 is 0.583 bits per heavy atom. The lowest BCUT2D eigenvalue weighted by molar-refractivity contribution is 0.276. The fourth-order valence-corrected chi connectivity index (χ4v) is 14.7. The Kier molecular flexibility index (Phi) is 24.5. The van der Waals surface area contributed by atoms with E-state index < -0.39 is 37.1 Å². The maximum absolute atomic E-state index is 6.62. The number of hydrogen-bond donors (Lipinski definition) is 8. The first kappa shape index (κ1) is 34.4. The molecule has 1 aliphatic heterocycles. The monoisotopic (exact) mass is 580 g/mol. The zero-order valence-corrected chi connectivity index (χ0v) is 26.1. The highest BCUT2D eigenvalue weighted by atomic mass is 28.5. The first-order valence-corrected chi connectivity index (χ1v) is 19.6. The highest BCUT2D eigenvalue weighted by Crippen LogP contribution is 2.19. The molecular formula is C20H52N8O4Si4. The summed E-state index contributed by atoms with van der Waals surface area (Å²) in [6, 6.07) is 3.66. The minimum absolute atomic E-state index is 0.648. The van der Waals surface area contributed by atoms with Crippen LogP contribution in [0.5, 0.6) is 0 Å². The van der Waals surface area contributed by atoms with E-state index >= 15 is 0 Å². The quantitative estimate of drug-likeness (QED) is 0.0454. The molecule has 0 aromatic carbocycles. The molecule has 0 aromatic heterocycles. The third-order valence-corrected chi connectivity index (χ3v) is 15.5. The van der Waals surface area contributed by atoms with Crippen LogP contribution in [0.4, 0.5) is 0 Å². The smallest absolute Gasteiger partial charge is 0.365 e. The lowest BCUT2D eigenvalue weighted by Gasteiger charge is -2.32.